The van der Waals surface area contributed by atoms with Crippen molar-refractivity contribution in [2.24, 2.45) is 0 Å². The molecule has 0 spiro atoms. The molecular formula is C10H14F3N2O12P3S2. The predicted octanol–water partition coefficient (Wildman–Crippen LogP) is 1.69. The van der Waals surface area contributed by atoms with Crippen LogP contribution in [0.15, 0.2) is 6.20 Å². The maximum absolute atomic E-state index is 14.7. The highest BCUT2D eigenvalue weighted by Gasteiger charge is 2.58. The molecule has 22 heteroatoms. The summed E-state index contributed by atoms with van der Waals surface area (Å²) >= 11 is 9.46. The Labute approximate surface area is 186 Å². The minimum Gasteiger partial charge on any atom is -0.379 e. The van der Waals surface area contributed by atoms with Crippen LogP contribution in [0.4, 0.5) is 13.2 Å². The van der Waals surface area contributed by atoms with Crippen molar-refractivity contribution in [3.8, 4) is 0 Å². The summed E-state index contributed by atoms with van der Waals surface area (Å²) in [5, 5.41) is 10.4. The normalized spacial score (nSPS) is 30.1. The van der Waals surface area contributed by atoms with Crippen LogP contribution in [-0.2, 0) is 31.6 Å². The third-order valence-electron chi connectivity index (χ3n) is 3.74. The number of H-pyrrole nitrogens is 1. The van der Waals surface area contributed by atoms with E-state index in [0.717, 1.165) is 0 Å². The van der Waals surface area contributed by atoms with Crippen molar-refractivity contribution in [1.29, 1.82) is 0 Å². The van der Waals surface area contributed by atoms with Gasteiger partial charge in [-0.3, -0.25) is 9.09 Å². The number of ether oxygens (including phenoxy) is 1. The first-order valence-electron chi connectivity index (χ1n) is 7.78. The largest absolute Gasteiger partial charge is 0.490 e. The van der Waals surface area contributed by atoms with Crippen molar-refractivity contribution in [2.75, 3.05) is 13.3 Å². The van der Waals surface area contributed by atoms with Gasteiger partial charge in [0.2, 0.25) is 0 Å². The molecule has 0 bridgehead atoms. The molecule has 1 aromatic rings. The van der Waals surface area contributed by atoms with Crippen LogP contribution in [0.5, 0.6) is 0 Å². The van der Waals surface area contributed by atoms with Gasteiger partial charge in [-0.1, -0.05) is 12.2 Å². The molecule has 1 aliphatic heterocycles. The fourth-order valence-corrected chi connectivity index (χ4v) is 5.98. The summed E-state index contributed by atoms with van der Waals surface area (Å²) in [6, 6.07) is 0. The SMILES string of the molecule is O=P(O)(O)OP(=O)(O)OP(=O)(O)OC[C@H]1O[C@@H](n2cc(F)c(=S)[nH]c2=S)C(O)(CF)[C@H]1F. The first kappa shape index (κ1) is 27.9. The Bertz CT molecular complexity index is 1130. The van der Waals surface area contributed by atoms with Gasteiger partial charge >= 0.3 is 23.5 Å². The van der Waals surface area contributed by atoms with Gasteiger partial charge < -0.3 is 34.4 Å². The third kappa shape index (κ3) is 6.61. The molecule has 32 heavy (non-hydrogen) atoms. The number of hydrogen-bond acceptors (Lipinski definition) is 10. The van der Waals surface area contributed by atoms with E-state index >= 15 is 0 Å². The van der Waals surface area contributed by atoms with Crippen LogP contribution in [0.2, 0.25) is 0 Å². The zero-order chi connectivity index (χ0) is 24.7. The summed E-state index contributed by atoms with van der Waals surface area (Å²) < 4.78 is 91.6. The van der Waals surface area contributed by atoms with Crippen LogP contribution in [0, 0.1) is 15.2 Å². The van der Waals surface area contributed by atoms with E-state index in [0.29, 0.717) is 10.8 Å². The van der Waals surface area contributed by atoms with Gasteiger partial charge in [0.25, 0.3) is 0 Å². The Morgan fingerprint density at radius 2 is 1.78 bits per heavy atom. The highest BCUT2D eigenvalue weighted by atomic mass is 32.1. The van der Waals surface area contributed by atoms with Crippen molar-refractivity contribution in [1.82, 2.24) is 9.55 Å². The summed E-state index contributed by atoms with van der Waals surface area (Å²) in [4.78, 5) is 37.6. The van der Waals surface area contributed by atoms with Crippen molar-refractivity contribution in [2.45, 2.75) is 24.1 Å². The third-order valence-corrected chi connectivity index (χ3v) is 8.16. The molecule has 0 saturated carbocycles. The Morgan fingerprint density at radius 3 is 2.31 bits per heavy atom. The van der Waals surface area contributed by atoms with Crippen molar-refractivity contribution in [3.63, 3.8) is 0 Å². The molecule has 0 radical (unpaired) electrons. The molecule has 1 saturated heterocycles. The fraction of sp³-hybridized carbons (Fsp3) is 0.600. The molecule has 2 heterocycles. The van der Waals surface area contributed by atoms with E-state index in [2.05, 4.69) is 30.3 Å². The van der Waals surface area contributed by atoms with E-state index in [-0.39, 0.29) is 0 Å². The quantitative estimate of drug-likeness (QED) is 0.185. The van der Waals surface area contributed by atoms with Crippen LogP contribution in [0.25, 0.3) is 0 Å². The lowest BCUT2D eigenvalue weighted by Crippen LogP contribution is -2.47. The van der Waals surface area contributed by atoms with Gasteiger partial charge in [0.05, 0.1) is 6.61 Å². The van der Waals surface area contributed by atoms with E-state index in [1.807, 2.05) is 0 Å². The fourth-order valence-electron chi connectivity index (χ4n) is 2.49. The first-order chi connectivity index (χ1) is 14.4. The van der Waals surface area contributed by atoms with Crippen LogP contribution in [-0.4, -0.2) is 65.4 Å². The number of rotatable bonds is 9. The van der Waals surface area contributed by atoms with Crippen molar-refractivity contribution < 1.29 is 69.4 Å². The zero-order valence-electron chi connectivity index (χ0n) is 15.1. The van der Waals surface area contributed by atoms with Gasteiger partial charge in [-0.2, -0.15) is 8.62 Å². The molecule has 0 aromatic carbocycles. The van der Waals surface area contributed by atoms with Crippen molar-refractivity contribution >= 4 is 47.9 Å². The van der Waals surface area contributed by atoms with Crippen molar-refractivity contribution in [3.05, 3.63) is 21.4 Å². The van der Waals surface area contributed by atoms with Gasteiger partial charge in [0.1, 0.15) is 17.4 Å². The number of alkyl halides is 2. The number of phosphoric ester groups is 1. The monoisotopic (exact) mass is 568 g/mol. The number of phosphoric acid groups is 3. The summed E-state index contributed by atoms with van der Waals surface area (Å²) in [5.74, 6) is -1.09. The minimum atomic E-state index is -5.84. The first-order valence-corrected chi connectivity index (χ1v) is 13.1. The highest BCUT2D eigenvalue weighted by Crippen LogP contribution is 2.66. The number of nitrogens with one attached hydrogen (secondary N) is 1. The Morgan fingerprint density at radius 1 is 1.19 bits per heavy atom. The number of halogens is 3. The van der Waals surface area contributed by atoms with E-state index in [1.54, 1.807) is 0 Å². The number of aromatic nitrogens is 2. The maximum atomic E-state index is 14.7. The Kier molecular flexibility index (Phi) is 8.46. The minimum absolute atomic E-state index is 0.408. The van der Waals surface area contributed by atoms with Gasteiger partial charge in [0, 0.05) is 6.20 Å². The lowest BCUT2D eigenvalue weighted by atomic mass is 9.97. The zero-order valence-corrected chi connectivity index (χ0v) is 19.4. The van der Waals surface area contributed by atoms with Crippen LogP contribution < -0.4 is 0 Å². The highest BCUT2D eigenvalue weighted by molar-refractivity contribution is 7.72. The molecule has 1 aliphatic rings. The molecule has 184 valence electrons. The van der Waals surface area contributed by atoms with E-state index in [1.165, 1.54) is 0 Å². The average Bonchev–Trinajstić information content (AvgIpc) is 2.85. The number of aromatic amines is 1. The molecule has 0 amide bonds. The van der Waals surface area contributed by atoms with Crippen LogP contribution >= 0.6 is 47.9 Å². The molecule has 6 atom stereocenters. The topological polar surface area (TPSA) is 210 Å². The van der Waals surface area contributed by atoms with Gasteiger partial charge in [-0.05, 0) is 12.2 Å². The standard InChI is InChI=1S/C10H14F3N2O12P3S2/c11-3-10(16)6(13)5(25-8(10)15-1-4(12)7(31)14-9(15)32)2-24-29(20,21)27-30(22,23)26-28(17,18)19/h1,5-6,8,16H,2-3H2,(H,20,21)(H,22,23)(H,14,31,32)(H2,17,18,19)/t5-,6+,8-,10?/m1/s1. The molecule has 6 N–H and O–H groups in total. The predicted molar refractivity (Wildman–Crippen MR) is 100.0 cm³/mol. The molecule has 3 unspecified atom stereocenters. The molecule has 14 nitrogen and oxygen atoms in total. The van der Waals surface area contributed by atoms with Gasteiger partial charge in [0.15, 0.2) is 28.6 Å². The summed E-state index contributed by atoms with van der Waals surface area (Å²) in [6.45, 7) is -3.13. The van der Waals surface area contributed by atoms with Crippen LogP contribution in [0.1, 0.15) is 6.23 Å². The molecular weight excluding hydrogens is 554 g/mol. The molecule has 1 aromatic heterocycles. The number of nitrogens with zero attached hydrogens (tertiary/aromatic N) is 1. The molecule has 1 fully saturated rings. The number of hydrogen-bond donors (Lipinski definition) is 6. The molecule has 2 rings (SSSR count). The Hall–Kier alpha value is -0.360. The van der Waals surface area contributed by atoms with Gasteiger partial charge in [-0.15, -0.1) is 0 Å². The van der Waals surface area contributed by atoms with E-state index in [9.17, 15) is 36.9 Å². The van der Waals surface area contributed by atoms with E-state index in [4.69, 9.17) is 31.6 Å². The second-order valence-electron chi connectivity index (χ2n) is 6.08. The lowest BCUT2D eigenvalue weighted by molar-refractivity contribution is -0.112. The summed E-state index contributed by atoms with van der Waals surface area (Å²) in [7, 11) is -17.1. The average molecular weight is 568 g/mol. The maximum Gasteiger partial charge on any atom is 0.490 e. The van der Waals surface area contributed by atoms with Gasteiger partial charge in [-0.25, -0.2) is 26.9 Å². The number of aliphatic hydroxyl groups is 1. The second-order valence-corrected chi connectivity index (χ2v) is 11.3. The smallest absolute Gasteiger partial charge is 0.379 e. The summed E-state index contributed by atoms with van der Waals surface area (Å²) in [6.07, 6.45) is -6.16. The Balaban J connectivity index is 2.22. The second kappa shape index (κ2) is 9.71. The lowest BCUT2D eigenvalue weighted by Gasteiger charge is -2.28. The van der Waals surface area contributed by atoms with Crippen LogP contribution in [0.3, 0.4) is 0 Å². The molecule has 0 aliphatic carbocycles. The van der Waals surface area contributed by atoms with E-state index < -0.39 is 76.1 Å². The summed E-state index contributed by atoms with van der Waals surface area (Å²) in [5.41, 5.74) is -2.99.